The lowest BCUT2D eigenvalue weighted by atomic mass is 9.81. The molecule has 0 saturated heterocycles. The van der Waals surface area contributed by atoms with E-state index in [1.165, 1.54) is 12.8 Å². The van der Waals surface area contributed by atoms with Gasteiger partial charge in [0, 0.05) is 12.1 Å². The van der Waals surface area contributed by atoms with Gasteiger partial charge in [0.25, 0.3) is 0 Å². The third kappa shape index (κ3) is 2.17. The Morgan fingerprint density at radius 1 is 1.55 bits per heavy atom. The Kier molecular flexibility index (Phi) is 3.34. The van der Waals surface area contributed by atoms with Crippen LogP contribution in [0.15, 0.2) is 0 Å². The summed E-state index contributed by atoms with van der Waals surface area (Å²) < 4.78 is 0. The molecule has 1 rings (SSSR count). The fourth-order valence-corrected chi connectivity index (χ4v) is 1.52. The zero-order chi connectivity index (χ0) is 8.27. The topological polar surface area (TPSA) is 32.3 Å². The molecular weight excluding hydrogens is 138 g/mol. The molecule has 1 aliphatic carbocycles. The van der Waals surface area contributed by atoms with Gasteiger partial charge in [0.2, 0.25) is 0 Å². The third-order valence-electron chi connectivity index (χ3n) is 2.78. The molecule has 3 atom stereocenters. The van der Waals surface area contributed by atoms with E-state index in [1.54, 1.807) is 0 Å². The molecule has 1 aliphatic rings. The summed E-state index contributed by atoms with van der Waals surface area (Å²) in [7, 11) is 0. The van der Waals surface area contributed by atoms with Crippen LogP contribution in [0.25, 0.3) is 0 Å². The molecule has 2 heteroatoms. The van der Waals surface area contributed by atoms with Crippen LogP contribution in [0.3, 0.4) is 0 Å². The average molecular weight is 157 g/mol. The summed E-state index contributed by atoms with van der Waals surface area (Å²) in [5, 5.41) is 12.4. The van der Waals surface area contributed by atoms with Crippen LogP contribution in [0.2, 0.25) is 0 Å². The lowest BCUT2D eigenvalue weighted by Crippen LogP contribution is -2.48. The molecule has 0 aliphatic heterocycles. The van der Waals surface area contributed by atoms with Crippen molar-refractivity contribution in [3.8, 4) is 0 Å². The first-order chi connectivity index (χ1) is 5.27. The van der Waals surface area contributed by atoms with E-state index in [9.17, 15) is 0 Å². The smallest absolute Gasteiger partial charge is 0.0584 e. The number of rotatable bonds is 4. The first-order valence-corrected chi connectivity index (χ1v) is 4.64. The Balaban J connectivity index is 2.17. The second kappa shape index (κ2) is 4.07. The minimum absolute atomic E-state index is 0.278. The maximum atomic E-state index is 8.92. The highest BCUT2D eigenvalue weighted by molar-refractivity contribution is 4.85. The molecule has 0 spiro atoms. The standard InChI is InChI=1S/C9H19NO/c1-3-8(6-11)10-9-5-4-7(9)2/h7-11H,3-6H2,1-2H3/t7?,8-,9?/m1/s1. The van der Waals surface area contributed by atoms with Crippen LogP contribution >= 0.6 is 0 Å². The molecule has 2 N–H and O–H groups in total. The zero-order valence-corrected chi connectivity index (χ0v) is 7.51. The van der Waals surface area contributed by atoms with Gasteiger partial charge in [-0.05, 0) is 25.2 Å². The molecule has 0 bridgehead atoms. The van der Waals surface area contributed by atoms with Crippen LogP contribution in [-0.4, -0.2) is 23.8 Å². The van der Waals surface area contributed by atoms with Crippen molar-refractivity contribution < 1.29 is 5.11 Å². The van der Waals surface area contributed by atoms with Crippen molar-refractivity contribution in [3.63, 3.8) is 0 Å². The molecule has 0 aromatic rings. The largest absolute Gasteiger partial charge is 0.395 e. The maximum absolute atomic E-state index is 8.92. The minimum atomic E-state index is 0.278. The zero-order valence-electron chi connectivity index (χ0n) is 7.51. The fourth-order valence-electron chi connectivity index (χ4n) is 1.52. The molecule has 2 nitrogen and oxygen atoms in total. The number of aliphatic hydroxyl groups excluding tert-OH is 1. The fraction of sp³-hybridized carbons (Fsp3) is 1.00. The number of hydrogen-bond acceptors (Lipinski definition) is 2. The van der Waals surface area contributed by atoms with Crippen LogP contribution < -0.4 is 5.32 Å². The van der Waals surface area contributed by atoms with Gasteiger partial charge in [-0.2, -0.15) is 0 Å². The molecule has 0 aromatic carbocycles. The molecule has 2 unspecified atom stereocenters. The molecule has 1 saturated carbocycles. The van der Waals surface area contributed by atoms with Gasteiger partial charge < -0.3 is 10.4 Å². The summed E-state index contributed by atoms with van der Waals surface area (Å²) in [6, 6.07) is 0.995. The Morgan fingerprint density at radius 2 is 2.27 bits per heavy atom. The average Bonchev–Trinajstić information content (AvgIpc) is 2.04. The van der Waals surface area contributed by atoms with E-state index in [0.717, 1.165) is 12.3 Å². The lowest BCUT2D eigenvalue weighted by molar-refractivity contribution is 0.166. The van der Waals surface area contributed by atoms with Gasteiger partial charge in [0.15, 0.2) is 0 Å². The van der Waals surface area contributed by atoms with Gasteiger partial charge in [-0.25, -0.2) is 0 Å². The van der Waals surface area contributed by atoms with Crippen molar-refractivity contribution >= 4 is 0 Å². The van der Waals surface area contributed by atoms with E-state index in [0.29, 0.717) is 12.1 Å². The van der Waals surface area contributed by atoms with Crippen LogP contribution in [0.4, 0.5) is 0 Å². The predicted octanol–water partition coefficient (Wildman–Crippen LogP) is 1.15. The number of hydrogen-bond donors (Lipinski definition) is 2. The van der Waals surface area contributed by atoms with Crippen LogP contribution in [0.1, 0.15) is 33.1 Å². The van der Waals surface area contributed by atoms with Gasteiger partial charge in [-0.1, -0.05) is 13.8 Å². The van der Waals surface area contributed by atoms with Gasteiger partial charge in [-0.15, -0.1) is 0 Å². The molecule has 0 amide bonds. The Hall–Kier alpha value is -0.0800. The highest BCUT2D eigenvalue weighted by Gasteiger charge is 2.27. The second-order valence-corrected chi connectivity index (χ2v) is 3.62. The normalized spacial score (nSPS) is 33.0. The van der Waals surface area contributed by atoms with Crippen LogP contribution in [0, 0.1) is 5.92 Å². The Bertz CT molecular complexity index is 109. The van der Waals surface area contributed by atoms with Crippen molar-refractivity contribution in [3.05, 3.63) is 0 Å². The first-order valence-electron chi connectivity index (χ1n) is 4.64. The summed E-state index contributed by atoms with van der Waals surface area (Å²) in [5.41, 5.74) is 0. The summed E-state index contributed by atoms with van der Waals surface area (Å²) in [6.45, 7) is 4.65. The quantitative estimate of drug-likeness (QED) is 0.641. The molecule has 0 heterocycles. The van der Waals surface area contributed by atoms with Crippen molar-refractivity contribution in [2.75, 3.05) is 6.61 Å². The van der Waals surface area contributed by atoms with Gasteiger partial charge in [0.1, 0.15) is 0 Å². The van der Waals surface area contributed by atoms with Gasteiger partial charge in [0.05, 0.1) is 6.61 Å². The van der Waals surface area contributed by atoms with Crippen molar-refractivity contribution in [1.82, 2.24) is 5.32 Å². The van der Waals surface area contributed by atoms with E-state index >= 15 is 0 Å². The van der Waals surface area contributed by atoms with E-state index in [1.807, 2.05) is 0 Å². The molecule has 1 fully saturated rings. The lowest BCUT2D eigenvalue weighted by Gasteiger charge is -2.37. The summed E-state index contributed by atoms with van der Waals surface area (Å²) in [5.74, 6) is 0.815. The van der Waals surface area contributed by atoms with E-state index < -0.39 is 0 Å². The number of nitrogens with one attached hydrogen (secondary N) is 1. The summed E-state index contributed by atoms with van der Waals surface area (Å²) in [4.78, 5) is 0. The van der Waals surface area contributed by atoms with Crippen molar-refractivity contribution in [1.29, 1.82) is 0 Å². The molecule has 66 valence electrons. The minimum Gasteiger partial charge on any atom is -0.395 e. The van der Waals surface area contributed by atoms with E-state index in [2.05, 4.69) is 19.2 Å². The second-order valence-electron chi connectivity index (χ2n) is 3.62. The van der Waals surface area contributed by atoms with Crippen LogP contribution in [-0.2, 0) is 0 Å². The predicted molar refractivity (Wildman–Crippen MR) is 46.5 cm³/mol. The molecule has 0 aromatic heterocycles. The van der Waals surface area contributed by atoms with Crippen LogP contribution in [0.5, 0.6) is 0 Å². The SMILES string of the molecule is CC[C@H](CO)NC1CCC1C. The Labute approximate surface area is 69.0 Å². The monoisotopic (exact) mass is 157 g/mol. The van der Waals surface area contributed by atoms with Gasteiger partial charge >= 0.3 is 0 Å². The van der Waals surface area contributed by atoms with Crippen molar-refractivity contribution in [2.24, 2.45) is 5.92 Å². The summed E-state index contributed by atoms with van der Waals surface area (Å²) in [6.07, 6.45) is 3.66. The third-order valence-corrected chi connectivity index (χ3v) is 2.78. The molecule has 0 radical (unpaired) electrons. The molecular formula is C9H19NO. The van der Waals surface area contributed by atoms with E-state index in [-0.39, 0.29) is 6.61 Å². The summed E-state index contributed by atoms with van der Waals surface area (Å²) >= 11 is 0. The molecule has 11 heavy (non-hydrogen) atoms. The Morgan fingerprint density at radius 3 is 2.55 bits per heavy atom. The van der Waals surface area contributed by atoms with Gasteiger partial charge in [-0.3, -0.25) is 0 Å². The van der Waals surface area contributed by atoms with E-state index in [4.69, 9.17) is 5.11 Å². The highest BCUT2D eigenvalue weighted by atomic mass is 16.3. The van der Waals surface area contributed by atoms with Crippen molar-refractivity contribution in [2.45, 2.75) is 45.2 Å². The number of aliphatic hydroxyl groups is 1. The first kappa shape index (κ1) is 9.01. The highest BCUT2D eigenvalue weighted by Crippen LogP contribution is 2.26. The maximum Gasteiger partial charge on any atom is 0.0584 e.